The van der Waals surface area contributed by atoms with Crippen LogP contribution in [-0.2, 0) is 0 Å². The van der Waals surface area contributed by atoms with E-state index >= 15 is 0 Å². The first-order valence-corrected chi connectivity index (χ1v) is 6.67. The Bertz CT molecular complexity index is 466. The smallest absolute Gasteiger partial charge is 0.405 e. The summed E-state index contributed by atoms with van der Waals surface area (Å²) in [4.78, 5) is 10.6. The molecule has 0 atom stereocenters. The normalized spacial score (nSPS) is 12.1. The SMILES string of the molecule is CC(=COc1ccc(Br)cc1)CC(C)(C)NC(=O)O. The van der Waals surface area contributed by atoms with Gasteiger partial charge in [-0.05, 0) is 57.0 Å². The Balaban J connectivity index is 2.57. The molecule has 0 aliphatic carbocycles. The molecule has 0 heterocycles. The molecular formula is C14H18BrNO3. The molecule has 19 heavy (non-hydrogen) atoms. The molecule has 1 aromatic rings. The number of carbonyl (C=O) groups is 1. The van der Waals surface area contributed by atoms with Crippen molar-refractivity contribution in [3.63, 3.8) is 0 Å². The molecule has 0 aromatic heterocycles. The van der Waals surface area contributed by atoms with Gasteiger partial charge in [0, 0.05) is 10.0 Å². The highest BCUT2D eigenvalue weighted by molar-refractivity contribution is 9.10. The van der Waals surface area contributed by atoms with Crippen molar-refractivity contribution in [3.8, 4) is 5.75 Å². The minimum absolute atomic E-state index is 0.518. The first-order chi connectivity index (χ1) is 8.78. The quantitative estimate of drug-likeness (QED) is 0.798. The van der Waals surface area contributed by atoms with E-state index in [9.17, 15) is 4.79 Å². The maximum absolute atomic E-state index is 10.6. The van der Waals surface area contributed by atoms with E-state index in [-0.39, 0.29) is 0 Å². The van der Waals surface area contributed by atoms with Crippen molar-refractivity contribution in [1.29, 1.82) is 0 Å². The molecular weight excluding hydrogens is 310 g/mol. The number of rotatable bonds is 5. The zero-order chi connectivity index (χ0) is 14.5. The van der Waals surface area contributed by atoms with Gasteiger partial charge in [0.1, 0.15) is 5.75 Å². The van der Waals surface area contributed by atoms with Gasteiger partial charge < -0.3 is 15.2 Å². The minimum atomic E-state index is -1.02. The fraction of sp³-hybridized carbons (Fsp3) is 0.357. The minimum Gasteiger partial charge on any atom is -0.465 e. The molecule has 1 aromatic carbocycles. The summed E-state index contributed by atoms with van der Waals surface area (Å²) in [6.45, 7) is 5.57. The van der Waals surface area contributed by atoms with Crippen LogP contribution in [0.2, 0.25) is 0 Å². The molecule has 0 aliphatic rings. The zero-order valence-electron chi connectivity index (χ0n) is 11.2. The molecule has 0 bridgehead atoms. The predicted octanol–water partition coefficient (Wildman–Crippen LogP) is 4.17. The summed E-state index contributed by atoms with van der Waals surface area (Å²) in [6.07, 6.45) is 1.20. The van der Waals surface area contributed by atoms with E-state index in [0.29, 0.717) is 6.42 Å². The first-order valence-electron chi connectivity index (χ1n) is 5.87. The van der Waals surface area contributed by atoms with Gasteiger partial charge in [-0.15, -0.1) is 0 Å². The van der Waals surface area contributed by atoms with Crippen LogP contribution < -0.4 is 10.1 Å². The Hall–Kier alpha value is -1.49. The first kappa shape index (κ1) is 15.6. The lowest BCUT2D eigenvalue weighted by atomic mass is 9.96. The van der Waals surface area contributed by atoms with Crippen molar-refractivity contribution >= 4 is 22.0 Å². The van der Waals surface area contributed by atoms with Crippen LogP contribution in [0.4, 0.5) is 4.79 Å². The average Bonchev–Trinajstić information content (AvgIpc) is 2.25. The molecule has 5 heteroatoms. The number of benzene rings is 1. The highest BCUT2D eigenvalue weighted by Gasteiger charge is 2.20. The molecule has 0 aliphatic heterocycles. The van der Waals surface area contributed by atoms with Crippen LogP contribution in [0.3, 0.4) is 0 Å². The zero-order valence-corrected chi connectivity index (χ0v) is 12.8. The standard InChI is InChI=1S/C14H18BrNO3/c1-10(8-14(2,3)16-13(17)18)9-19-12-6-4-11(15)5-7-12/h4-7,9,16H,8H2,1-3H3,(H,17,18). The molecule has 0 saturated carbocycles. The molecule has 1 amide bonds. The predicted molar refractivity (Wildman–Crippen MR) is 78.4 cm³/mol. The third-order valence-corrected chi connectivity index (χ3v) is 2.90. The second-order valence-electron chi connectivity index (χ2n) is 5.03. The summed E-state index contributed by atoms with van der Waals surface area (Å²) in [5, 5.41) is 11.2. The highest BCUT2D eigenvalue weighted by Crippen LogP contribution is 2.19. The van der Waals surface area contributed by atoms with Gasteiger partial charge in [0.25, 0.3) is 0 Å². The summed E-state index contributed by atoms with van der Waals surface area (Å²) in [7, 11) is 0. The van der Waals surface area contributed by atoms with Crippen molar-refractivity contribution in [2.75, 3.05) is 0 Å². The van der Waals surface area contributed by atoms with E-state index < -0.39 is 11.6 Å². The Morgan fingerprint density at radius 1 is 1.42 bits per heavy atom. The Kier molecular flexibility index (Phi) is 5.42. The van der Waals surface area contributed by atoms with Gasteiger partial charge in [0.2, 0.25) is 0 Å². The van der Waals surface area contributed by atoms with Crippen molar-refractivity contribution in [1.82, 2.24) is 5.32 Å². The van der Waals surface area contributed by atoms with Crippen LogP contribution in [0.15, 0.2) is 40.6 Å². The van der Waals surface area contributed by atoms with Crippen molar-refractivity contribution in [2.45, 2.75) is 32.7 Å². The second kappa shape index (κ2) is 6.61. The van der Waals surface area contributed by atoms with E-state index in [1.165, 1.54) is 0 Å². The fourth-order valence-corrected chi connectivity index (χ4v) is 2.02. The number of ether oxygens (including phenoxy) is 1. The van der Waals surface area contributed by atoms with E-state index in [4.69, 9.17) is 9.84 Å². The Labute approximate surface area is 121 Å². The number of amides is 1. The Morgan fingerprint density at radius 3 is 2.53 bits per heavy atom. The maximum atomic E-state index is 10.6. The lowest BCUT2D eigenvalue weighted by molar-refractivity contribution is 0.182. The molecule has 0 radical (unpaired) electrons. The monoisotopic (exact) mass is 327 g/mol. The maximum Gasteiger partial charge on any atom is 0.405 e. The summed E-state index contributed by atoms with van der Waals surface area (Å²) >= 11 is 3.35. The molecule has 2 N–H and O–H groups in total. The van der Waals surface area contributed by atoms with Crippen LogP contribution in [0.5, 0.6) is 5.75 Å². The van der Waals surface area contributed by atoms with Crippen molar-refractivity contribution < 1.29 is 14.6 Å². The number of nitrogens with one attached hydrogen (secondary N) is 1. The average molecular weight is 328 g/mol. The number of halogens is 1. The van der Waals surface area contributed by atoms with E-state index in [1.807, 2.05) is 45.0 Å². The Morgan fingerprint density at radius 2 is 2.00 bits per heavy atom. The third-order valence-electron chi connectivity index (χ3n) is 2.38. The van der Waals surface area contributed by atoms with Gasteiger partial charge in [0.05, 0.1) is 6.26 Å². The van der Waals surface area contributed by atoms with Crippen LogP contribution in [-0.4, -0.2) is 16.7 Å². The molecule has 104 valence electrons. The van der Waals surface area contributed by atoms with Crippen LogP contribution in [0, 0.1) is 0 Å². The number of hydrogen-bond acceptors (Lipinski definition) is 2. The van der Waals surface area contributed by atoms with Crippen molar-refractivity contribution in [2.24, 2.45) is 0 Å². The van der Waals surface area contributed by atoms with Gasteiger partial charge in [-0.2, -0.15) is 0 Å². The van der Waals surface area contributed by atoms with Gasteiger partial charge >= 0.3 is 6.09 Å². The fourth-order valence-electron chi connectivity index (χ4n) is 1.75. The topological polar surface area (TPSA) is 58.6 Å². The number of hydrogen-bond donors (Lipinski definition) is 2. The van der Waals surface area contributed by atoms with Gasteiger partial charge in [-0.3, -0.25) is 0 Å². The lowest BCUT2D eigenvalue weighted by Gasteiger charge is -2.24. The molecule has 0 saturated heterocycles. The van der Waals surface area contributed by atoms with Crippen LogP contribution in [0.1, 0.15) is 27.2 Å². The number of carboxylic acid groups (broad SMARTS) is 1. The lowest BCUT2D eigenvalue weighted by Crippen LogP contribution is -2.42. The summed E-state index contributed by atoms with van der Waals surface area (Å²) in [5.74, 6) is 0.742. The molecule has 0 unspecified atom stereocenters. The molecule has 0 spiro atoms. The third kappa shape index (κ3) is 6.29. The molecule has 4 nitrogen and oxygen atoms in total. The van der Waals surface area contributed by atoms with Crippen LogP contribution >= 0.6 is 15.9 Å². The summed E-state index contributed by atoms with van der Waals surface area (Å²) in [5.41, 5.74) is 0.442. The summed E-state index contributed by atoms with van der Waals surface area (Å²) < 4.78 is 6.51. The van der Waals surface area contributed by atoms with Crippen molar-refractivity contribution in [3.05, 3.63) is 40.6 Å². The largest absolute Gasteiger partial charge is 0.465 e. The molecule has 1 rings (SSSR count). The highest BCUT2D eigenvalue weighted by atomic mass is 79.9. The second-order valence-corrected chi connectivity index (χ2v) is 5.94. The van der Waals surface area contributed by atoms with Gasteiger partial charge in [0.15, 0.2) is 0 Å². The van der Waals surface area contributed by atoms with Gasteiger partial charge in [-0.1, -0.05) is 15.9 Å². The van der Waals surface area contributed by atoms with Gasteiger partial charge in [-0.25, -0.2) is 4.79 Å². The van der Waals surface area contributed by atoms with Crippen LogP contribution in [0.25, 0.3) is 0 Å². The molecule has 0 fully saturated rings. The van der Waals surface area contributed by atoms with E-state index in [1.54, 1.807) is 6.26 Å². The van der Waals surface area contributed by atoms with E-state index in [2.05, 4.69) is 21.2 Å². The van der Waals surface area contributed by atoms with E-state index in [0.717, 1.165) is 15.8 Å². The summed E-state index contributed by atoms with van der Waals surface area (Å²) in [6, 6.07) is 7.51.